The summed E-state index contributed by atoms with van der Waals surface area (Å²) >= 11 is 3.25. The Hall–Kier alpha value is -1.12. The SMILES string of the molecule is CC(=O)NC1CCCN(S(=O)(=O)c2ccc(Br)c(N)c2)C1. The molecule has 1 aliphatic heterocycles. The number of benzene rings is 1. The highest BCUT2D eigenvalue weighted by molar-refractivity contribution is 9.10. The Labute approximate surface area is 132 Å². The number of hydrogen-bond acceptors (Lipinski definition) is 4. The van der Waals surface area contributed by atoms with Gasteiger partial charge in [-0.15, -0.1) is 0 Å². The van der Waals surface area contributed by atoms with Crippen LogP contribution in [0.4, 0.5) is 5.69 Å². The van der Waals surface area contributed by atoms with Crippen LogP contribution >= 0.6 is 15.9 Å². The second-order valence-corrected chi connectivity index (χ2v) is 7.88. The highest BCUT2D eigenvalue weighted by Crippen LogP contribution is 2.26. The van der Waals surface area contributed by atoms with Gasteiger partial charge in [-0.3, -0.25) is 4.79 Å². The van der Waals surface area contributed by atoms with Crippen LogP contribution in [0.1, 0.15) is 19.8 Å². The van der Waals surface area contributed by atoms with Crippen molar-refractivity contribution in [3.63, 3.8) is 0 Å². The molecule has 1 aromatic carbocycles. The first-order chi connectivity index (χ1) is 9.80. The third kappa shape index (κ3) is 3.75. The molecule has 3 N–H and O–H groups in total. The van der Waals surface area contributed by atoms with E-state index < -0.39 is 10.0 Å². The van der Waals surface area contributed by atoms with Crippen LogP contribution in [0.2, 0.25) is 0 Å². The number of rotatable bonds is 3. The van der Waals surface area contributed by atoms with E-state index in [1.807, 2.05) is 0 Å². The maximum Gasteiger partial charge on any atom is 0.243 e. The number of carbonyl (C=O) groups excluding carboxylic acids is 1. The first-order valence-corrected chi connectivity index (χ1v) is 8.86. The van der Waals surface area contributed by atoms with E-state index in [1.54, 1.807) is 6.07 Å². The Balaban J connectivity index is 2.22. The summed E-state index contributed by atoms with van der Waals surface area (Å²) in [6.45, 7) is 2.18. The van der Waals surface area contributed by atoms with Gasteiger partial charge in [-0.1, -0.05) is 0 Å². The molecular formula is C13H18BrN3O3S. The number of nitrogens with one attached hydrogen (secondary N) is 1. The van der Waals surface area contributed by atoms with Crippen molar-refractivity contribution in [1.29, 1.82) is 0 Å². The Bertz CT molecular complexity index is 648. The lowest BCUT2D eigenvalue weighted by Gasteiger charge is -2.32. The molecule has 0 spiro atoms. The number of piperidine rings is 1. The van der Waals surface area contributed by atoms with Crippen molar-refractivity contribution in [3.8, 4) is 0 Å². The number of anilines is 1. The predicted octanol–water partition coefficient (Wildman–Crippen LogP) is 1.32. The molecule has 1 aromatic rings. The number of nitrogen functional groups attached to an aromatic ring is 1. The van der Waals surface area contributed by atoms with Gasteiger partial charge >= 0.3 is 0 Å². The molecule has 1 amide bonds. The molecule has 0 aromatic heterocycles. The van der Waals surface area contributed by atoms with Crippen molar-refractivity contribution in [3.05, 3.63) is 22.7 Å². The van der Waals surface area contributed by atoms with Gasteiger partial charge in [0.1, 0.15) is 0 Å². The van der Waals surface area contributed by atoms with Crippen molar-refractivity contribution in [2.45, 2.75) is 30.7 Å². The summed E-state index contributed by atoms with van der Waals surface area (Å²) in [5.41, 5.74) is 6.13. The van der Waals surface area contributed by atoms with E-state index in [9.17, 15) is 13.2 Å². The molecule has 1 saturated heterocycles. The zero-order chi connectivity index (χ0) is 15.6. The van der Waals surface area contributed by atoms with Crippen LogP contribution in [0.5, 0.6) is 0 Å². The van der Waals surface area contributed by atoms with Gasteiger partial charge in [-0.05, 0) is 47.0 Å². The van der Waals surface area contributed by atoms with Gasteiger partial charge < -0.3 is 11.1 Å². The molecule has 21 heavy (non-hydrogen) atoms. The number of sulfonamides is 1. The molecule has 116 valence electrons. The summed E-state index contributed by atoms with van der Waals surface area (Å²) in [5, 5.41) is 2.78. The van der Waals surface area contributed by atoms with Gasteiger partial charge in [-0.2, -0.15) is 4.31 Å². The van der Waals surface area contributed by atoms with Crippen LogP contribution in [0, 0.1) is 0 Å². The Kier molecular flexibility index (Phi) is 4.90. The molecular weight excluding hydrogens is 358 g/mol. The molecule has 0 aliphatic carbocycles. The second kappa shape index (κ2) is 6.33. The van der Waals surface area contributed by atoms with Crippen molar-refractivity contribution < 1.29 is 13.2 Å². The molecule has 1 fully saturated rings. The van der Waals surface area contributed by atoms with Gasteiger partial charge in [-0.25, -0.2) is 8.42 Å². The van der Waals surface area contributed by atoms with Crippen molar-refractivity contribution in [2.24, 2.45) is 0 Å². The lowest BCUT2D eigenvalue weighted by Crippen LogP contribution is -2.49. The van der Waals surface area contributed by atoms with Crippen LogP contribution in [0.15, 0.2) is 27.6 Å². The first-order valence-electron chi connectivity index (χ1n) is 6.63. The third-order valence-electron chi connectivity index (χ3n) is 3.40. The summed E-state index contributed by atoms with van der Waals surface area (Å²) in [6.07, 6.45) is 1.50. The third-order valence-corrected chi connectivity index (χ3v) is 5.98. The van der Waals surface area contributed by atoms with Gasteiger partial charge in [0.15, 0.2) is 0 Å². The highest BCUT2D eigenvalue weighted by Gasteiger charge is 2.30. The van der Waals surface area contributed by atoms with E-state index in [0.29, 0.717) is 16.7 Å². The van der Waals surface area contributed by atoms with Crippen molar-refractivity contribution in [2.75, 3.05) is 18.8 Å². The fraction of sp³-hybridized carbons (Fsp3) is 0.462. The highest BCUT2D eigenvalue weighted by atomic mass is 79.9. The summed E-state index contributed by atoms with van der Waals surface area (Å²) in [4.78, 5) is 11.3. The number of carbonyl (C=O) groups is 1. The molecule has 0 radical (unpaired) electrons. The summed E-state index contributed by atoms with van der Waals surface area (Å²) in [5.74, 6) is -0.146. The van der Waals surface area contributed by atoms with E-state index in [2.05, 4.69) is 21.2 Å². The van der Waals surface area contributed by atoms with Gasteiger partial charge in [0.05, 0.1) is 4.90 Å². The lowest BCUT2D eigenvalue weighted by atomic mass is 10.1. The zero-order valence-corrected chi connectivity index (χ0v) is 14.1. The standard InChI is InChI=1S/C13H18BrN3O3S/c1-9(18)16-10-3-2-6-17(8-10)21(19,20)11-4-5-12(14)13(15)7-11/h4-5,7,10H,2-3,6,8,15H2,1H3,(H,16,18). The summed E-state index contributed by atoms with van der Waals surface area (Å²) in [7, 11) is -3.59. The fourth-order valence-corrected chi connectivity index (χ4v) is 4.20. The van der Waals surface area contributed by atoms with E-state index in [-0.39, 0.29) is 23.4 Å². The molecule has 1 atom stereocenters. The Morgan fingerprint density at radius 1 is 1.48 bits per heavy atom. The second-order valence-electron chi connectivity index (χ2n) is 5.09. The number of halogens is 1. The van der Waals surface area contributed by atoms with Gasteiger partial charge in [0.2, 0.25) is 15.9 Å². The van der Waals surface area contributed by atoms with Crippen LogP contribution in [0.25, 0.3) is 0 Å². The van der Waals surface area contributed by atoms with Crippen LogP contribution in [0.3, 0.4) is 0 Å². The van der Waals surface area contributed by atoms with Crippen LogP contribution < -0.4 is 11.1 Å². The summed E-state index contributed by atoms with van der Waals surface area (Å²) in [6, 6.07) is 4.45. The smallest absolute Gasteiger partial charge is 0.243 e. The molecule has 1 aliphatic rings. The lowest BCUT2D eigenvalue weighted by molar-refractivity contribution is -0.119. The van der Waals surface area contributed by atoms with Gasteiger partial charge in [0.25, 0.3) is 0 Å². The van der Waals surface area contributed by atoms with E-state index >= 15 is 0 Å². The number of hydrogen-bond donors (Lipinski definition) is 2. The maximum absolute atomic E-state index is 12.6. The summed E-state index contributed by atoms with van der Waals surface area (Å²) < 4.78 is 27.3. The van der Waals surface area contributed by atoms with Gasteiger partial charge in [0, 0.05) is 36.2 Å². The van der Waals surface area contributed by atoms with Crippen LogP contribution in [-0.2, 0) is 14.8 Å². The topological polar surface area (TPSA) is 92.5 Å². The zero-order valence-electron chi connectivity index (χ0n) is 11.7. The fourth-order valence-electron chi connectivity index (χ4n) is 2.40. The number of amides is 1. The molecule has 1 heterocycles. The minimum atomic E-state index is -3.59. The van der Waals surface area contributed by atoms with E-state index in [0.717, 1.165) is 12.8 Å². The van der Waals surface area contributed by atoms with E-state index in [4.69, 9.17) is 5.73 Å². The number of nitrogens with zero attached hydrogens (tertiary/aromatic N) is 1. The molecule has 1 unspecified atom stereocenters. The quantitative estimate of drug-likeness (QED) is 0.779. The maximum atomic E-state index is 12.6. The molecule has 0 saturated carbocycles. The predicted molar refractivity (Wildman–Crippen MR) is 84.2 cm³/mol. The average Bonchev–Trinajstić information content (AvgIpc) is 2.41. The van der Waals surface area contributed by atoms with E-state index in [1.165, 1.54) is 23.4 Å². The average molecular weight is 376 g/mol. The first kappa shape index (κ1) is 16.3. The minimum Gasteiger partial charge on any atom is -0.398 e. The Morgan fingerprint density at radius 2 is 2.19 bits per heavy atom. The molecule has 8 heteroatoms. The normalized spacial score (nSPS) is 20.2. The largest absolute Gasteiger partial charge is 0.398 e. The van der Waals surface area contributed by atoms with Crippen molar-refractivity contribution >= 4 is 37.5 Å². The molecule has 6 nitrogen and oxygen atoms in total. The Morgan fingerprint density at radius 3 is 2.81 bits per heavy atom. The van der Waals surface area contributed by atoms with Crippen LogP contribution in [-0.4, -0.2) is 37.8 Å². The molecule has 0 bridgehead atoms. The monoisotopic (exact) mass is 375 g/mol. The minimum absolute atomic E-state index is 0.140. The van der Waals surface area contributed by atoms with Crippen molar-refractivity contribution in [1.82, 2.24) is 9.62 Å². The molecule has 2 rings (SSSR count). The number of nitrogens with two attached hydrogens (primary N) is 1.